The van der Waals surface area contributed by atoms with E-state index >= 15 is 0 Å². The Balaban J connectivity index is 1.93. The van der Waals surface area contributed by atoms with Gasteiger partial charge in [-0.1, -0.05) is 13.3 Å². The Kier molecular flexibility index (Phi) is 5.67. The van der Waals surface area contributed by atoms with Crippen LogP contribution in [-0.4, -0.2) is 49.8 Å². The minimum absolute atomic E-state index is 0.398. The summed E-state index contributed by atoms with van der Waals surface area (Å²) in [6.45, 7) is 10.1. The average Bonchev–Trinajstić information content (AvgIpc) is 2.42. The molecule has 112 valence electrons. The molecule has 0 aromatic rings. The zero-order chi connectivity index (χ0) is 13.8. The number of rotatable bonds is 4. The lowest BCUT2D eigenvalue weighted by atomic mass is 9.76. The first-order chi connectivity index (χ1) is 9.13. The van der Waals surface area contributed by atoms with Crippen molar-refractivity contribution in [2.75, 3.05) is 26.7 Å². The third-order valence-electron chi connectivity index (χ3n) is 5.25. The highest BCUT2D eigenvalue weighted by Gasteiger charge is 2.32. The van der Waals surface area contributed by atoms with Gasteiger partial charge in [0.05, 0.1) is 12.7 Å². The summed E-state index contributed by atoms with van der Waals surface area (Å²) in [5.74, 6) is 1.76. The van der Waals surface area contributed by atoms with Gasteiger partial charge in [-0.3, -0.25) is 4.90 Å². The zero-order valence-corrected chi connectivity index (χ0v) is 13.2. The number of nitrogens with zero attached hydrogens (tertiary/aromatic N) is 1. The second kappa shape index (κ2) is 7.05. The Morgan fingerprint density at radius 2 is 2.05 bits per heavy atom. The molecule has 0 amide bonds. The molecule has 1 aliphatic carbocycles. The van der Waals surface area contributed by atoms with Gasteiger partial charge in [0.2, 0.25) is 0 Å². The standard InChI is InChI=1S/C16H32N2O/c1-5-14-6-7-16(17-4)15(8-14)10-18-9-13(3)19-11-12(18)2/h12-17H,5-11H2,1-4H3. The van der Waals surface area contributed by atoms with E-state index in [1.807, 2.05) is 0 Å². The molecule has 0 aromatic heterocycles. The molecule has 1 heterocycles. The lowest BCUT2D eigenvalue weighted by molar-refractivity contribution is -0.0584. The van der Waals surface area contributed by atoms with Crippen LogP contribution in [0, 0.1) is 11.8 Å². The van der Waals surface area contributed by atoms with E-state index in [0.717, 1.165) is 25.0 Å². The molecule has 19 heavy (non-hydrogen) atoms. The molecule has 0 spiro atoms. The molecule has 1 aliphatic heterocycles. The van der Waals surface area contributed by atoms with Crippen LogP contribution in [0.5, 0.6) is 0 Å². The van der Waals surface area contributed by atoms with Crippen molar-refractivity contribution in [3.63, 3.8) is 0 Å². The predicted octanol–water partition coefficient (Wildman–Crippen LogP) is 2.51. The summed E-state index contributed by atoms with van der Waals surface area (Å²) in [7, 11) is 2.13. The second-order valence-electron chi connectivity index (χ2n) is 6.69. The Labute approximate surface area is 119 Å². The fourth-order valence-electron chi connectivity index (χ4n) is 3.84. The van der Waals surface area contributed by atoms with Crippen LogP contribution < -0.4 is 5.32 Å². The Morgan fingerprint density at radius 1 is 1.26 bits per heavy atom. The first-order valence-electron chi connectivity index (χ1n) is 8.16. The number of hydrogen-bond acceptors (Lipinski definition) is 3. The molecule has 0 aromatic carbocycles. The molecular weight excluding hydrogens is 236 g/mol. The van der Waals surface area contributed by atoms with E-state index in [1.165, 1.54) is 32.2 Å². The largest absolute Gasteiger partial charge is 0.376 e. The molecule has 0 bridgehead atoms. The third kappa shape index (κ3) is 3.93. The predicted molar refractivity (Wildman–Crippen MR) is 80.4 cm³/mol. The molecular formula is C16H32N2O. The first-order valence-corrected chi connectivity index (χ1v) is 8.16. The maximum atomic E-state index is 5.75. The normalized spacial score (nSPS) is 41.4. The number of ether oxygens (including phenoxy) is 1. The van der Waals surface area contributed by atoms with Crippen molar-refractivity contribution in [2.24, 2.45) is 11.8 Å². The lowest BCUT2D eigenvalue weighted by Gasteiger charge is -2.43. The van der Waals surface area contributed by atoms with E-state index in [9.17, 15) is 0 Å². The molecule has 1 saturated heterocycles. The van der Waals surface area contributed by atoms with Crippen LogP contribution in [0.25, 0.3) is 0 Å². The fourth-order valence-corrected chi connectivity index (χ4v) is 3.84. The number of morpholine rings is 1. The van der Waals surface area contributed by atoms with Crippen molar-refractivity contribution in [1.29, 1.82) is 0 Å². The molecule has 2 aliphatic rings. The highest BCUT2D eigenvalue weighted by atomic mass is 16.5. The molecule has 1 saturated carbocycles. The maximum absolute atomic E-state index is 5.75. The third-order valence-corrected chi connectivity index (χ3v) is 5.25. The average molecular weight is 268 g/mol. The van der Waals surface area contributed by atoms with Gasteiger partial charge in [0, 0.05) is 25.2 Å². The van der Waals surface area contributed by atoms with Crippen LogP contribution >= 0.6 is 0 Å². The van der Waals surface area contributed by atoms with Crippen molar-refractivity contribution < 1.29 is 4.74 Å². The summed E-state index contributed by atoms with van der Waals surface area (Å²) >= 11 is 0. The van der Waals surface area contributed by atoms with Crippen molar-refractivity contribution >= 4 is 0 Å². The minimum atomic E-state index is 0.398. The quantitative estimate of drug-likeness (QED) is 0.848. The summed E-state index contributed by atoms with van der Waals surface area (Å²) in [4.78, 5) is 2.65. The second-order valence-corrected chi connectivity index (χ2v) is 6.69. The van der Waals surface area contributed by atoms with Crippen molar-refractivity contribution in [3.05, 3.63) is 0 Å². The lowest BCUT2D eigenvalue weighted by Crippen LogP contribution is -2.52. The van der Waals surface area contributed by atoms with Gasteiger partial charge >= 0.3 is 0 Å². The van der Waals surface area contributed by atoms with Crippen LogP contribution in [0.1, 0.15) is 46.5 Å². The Hall–Kier alpha value is -0.120. The van der Waals surface area contributed by atoms with E-state index in [0.29, 0.717) is 18.2 Å². The maximum Gasteiger partial charge on any atom is 0.0674 e. The van der Waals surface area contributed by atoms with Gasteiger partial charge in [0.15, 0.2) is 0 Å². The topological polar surface area (TPSA) is 24.5 Å². The van der Waals surface area contributed by atoms with Crippen LogP contribution in [0.3, 0.4) is 0 Å². The Morgan fingerprint density at radius 3 is 2.74 bits per heavy atom. The molecule has 0 radical (unpaired) electrons. The fraction of sp³-hybridized carbons (Fsp3) is 1.00. The minimum Gasteiger partial charge on any atom is -0.376 e. The van der Waals surface area contributed by atoms with Gasteiger partial charge in [-0.05, 0) is 52.0 Å². The van der Waals surface area contributed by atoms with E-state index < -0.39 is 0 Å². The van der Waals surface area contributed by atoms with E-state index in [-0.39, 0.29) is 0 Å². The molecule has 1 N–H and O–H groups in total. The first kappa shape index (κ1) is 15.3. The number of nitrogens with one attached hydrogen (secondary N) is 1. The summed E-state index contributed by atoms with van der Waals surface area (Å²) in [6.07, 6.45) is 5.92. The summed E-state index contributed by atoms with van der Waals surface area (Å²) < 4.78 is 5.75. The van der Waals surface area contributed by atoms with Crippen molar-refractivity contribution in [3.8, 4) is 0 Å². The molecule has 2 fully saturated rings. The van der Waals surface area contributed by atoms with Crippen LogP contribution in [0.15, 0.2) is 0 Å². The smallest absolute Gasteiger partial charge is 0.0674 e. The van der Waals surface area contributed by atoms with Gasteiger partial charge < -0.3 is 10.1 Å². The Bertz CT molecular complexity index is 271. The monoisotopic (exact) mass is 268 g/mol. The van der Waals surface area contributed by atoms with E-state index in [4.69, 9.17) is 4.74 Å². The van der Waals surface area contributed by atoms with Crippen LogP contribution in [-0.2, 0) is 4.74 Å². The van der Waals surface area contributed by atoms with Crippen molar-refractivity contribution in [2.45, 2.75) is 64.6 Å². The van der Waals surface area contributed by atoms with E-state index in [2.05, 4.69) is 38.0 Å². The van der Waals surface area contributed by atoms with Crippen LogP contribution in [0.2, 0.25) is 0 Å². The number of hydrogen-bond donors (Lipinski definition) is 1. The van der Waals surface area contributed by atoms with Crippen molar-refractivity contribution in [1.82, 2.24) is 10.2 Å². The van der Waals surface area contributed by atoms with Crippen LogP contribution in [0.4, 0.5) is 0 Å². The molecule has 5 unspecified atom stereocenters. The van der Waals surface area contributed by atoms with Gasteiger partial charge in [-0.2, -0.15) is 0 Å². The SMILES string of the molecule is CCC1CCC(NC)C(CN2CC(C)OCC2C)C1. The molecule has 5 atom stereocenters. The van der Waals surface area contributed by atoms with Gasteiger partial charge in [0.25, 0.3) is 0 Å². The summed E-state index contributed by atoms with van der Waals surface area (Å²) in [5, 5.41) is 3.56. The molecule has 3 nitrogen and oxygen atoms in total. The summed E-state index contributed by atoms with van der Waals surface area (Å²) in [6, 6.07) is 1.30. The highest BCUT2D eigenvalue weighted by molar-refractivity contribution is 4.87. The zero-order valence-electron chi connectivity index (χ0n) is 13.2. The van der Waals surface area contributed by atoms with Gasteiger partial charge in [-0.15, -0.1) is 0 Å². The van der Waals surface area contributed by atoms with Gasteiger partial charge in [0.1, 0.15) is 0 Å². The summed E-state index contributed by atoms with van der Waals surface area (Å²) in [5.41, 5.74) is 0. The molecule has 2 rings (SSSR count). The highest BCUT2D eigenvalue weighted by Crippen LogP contribution is 2.32. The van der Waals surface area contributed by atoms with Gasteiger partial charge in [-0.25, -0.2) is 0 Å². The molecule has 3 heteroatoms. The van der Waals surface area contributed by atoms with E-state index in [1.54, 1.807) is 0 Å².